The molecule has 1 saturated heterocycles. The molecule has 2 amide bonds. The van der Waals surface area contributed by atoms with Crippen LogP contribution >= 0.6 is 46.2 Å². The summed E-state index contributed by atoms with van der Waals surface area (Å²) >= 11 is 5.28. The van der Waals surface area contributed by atoms with Crippen LogP contribution in [0, 0.1) is 0 Å². The number of carboxylic acids is 2. The van der Waals surface area contributed by atoms with Gasteiger partial charge in [0.05, 0.1) is 4.70 Å². The van der Waals surface area contributed by atoms with Gasteiger partial charge < -0.3 is 26.1 Å². The van der Waals surface area contributed by atoms with Crippen LogP contribution in [-0.4, -0.2) is 83.1 Å². The summed E-state index contributed by atoms with van der Waals surface area (Å²) in [6.07, 6.45) is 3.94. The van der Waals surface area contributed by atoms with E-state index in [1.54, 1.807) is 0 Å². The van der Waals surface area contributed by atoms with Crippen LogP contribution in [0.15, 0.2) is 44.6 Å². The second-order valence-electron chi connectivity index (χ2n) is 9.83. The van der Waals surface area contributed by atoms with E-state index < -0.39 is 40.8 Å². The first-order valence-corrected chi connectivity index (χ1v) is 16.5. The van der Waals surface area contributed by atoms with Crippen molar-refractivity contribution >= 4 is 91.0 Å². The zero-order valence-electron chi connectivity index (χ0n) is 23.0. The molecule has 0 saturated carbocycles. The van der Waals surface area contributed by atoms with E-state index in [2.05, 4.69) is 20.4 Å². The van der Waals surface area contributed by atoms with Crippen molar-refractivity contribution in [3.8, 4) is 0 Å². The lowest BCUT2D eigenvalue weighted by Crippen LogP contribution is -2.71. The van der Waals surface area contributed by atoms with Gasteiger partial charge in [-0.05, 0) is 26.3 Å². The molecular weight excluding hydrogens is 639 g/mol. The zero-order chi connectivity index (χ0) is 31.1. The lowest BCUT2D eigenvalue weighted by Gasteiger charge is -2.49. The summed E-state index contributed by atoms with van der Waals surface area (Å²) < 4.78 is 3.83. The number of nitrogens with zero attached hydrogens (tertiary/aromatic N) is 5. The molecule has 3 aromatic heterocycles. The maximum absolute atomic E-state index is 13.3. The first-order valence-electron chi connectivity index (χ1n) is 12.7. The van der Waals surface area contributed by atoms with E-state index in [1.807, 2.05) is 30.0 Å². The zero-order valence-corrected chi connectivity index (χ0v) is 26.2. The standard InChI is InChI=1S/C25H25N7O7S4/c1-4-31-6-5-14-12(7-31)28-24(43-14)42-9-11-8-40-20-16(19(34)32(20)17(11)21(35)36)29-18(33)15(13-10-41-23(26)27-13)30-39-25(2,3)22(37)38/h5-7,10,16,20H,4,8-9H2,1-3H3,(H4-,26,27,29,33,35,36,37,38)/p+1/b30-15-/t16?,20-/m0/s1. The summed E-state index contributed by atoms with van der Waals surface area (Å²) in [6.45, 7) is 5.36. The monoisotopic (exact) mass is 664 g/mol. The number of nitrogen functional groups attached to an aromatic ring is 1. The number of fused-ring (bicyclic) bond motifs is 2. The normalized spacial score (nSPS) is 18.8. The van der Waals surface area contributed by atoms with E-state index in [9.17, 15) is 29.4 Å². The molecule has 18 heteroatoms. The van der Waals surface area contributed by atoms with Gasteiger partial charge in [-0.2, -0.15) is 0 Å². The van der Waals surface area contributed by atoms with Crippen molar-refractivity contribution in [2.45, 2.75) is 48.7 Å². The second-order valence-corrected chi connectivity index (χ2v) is 14.1. The van der Waals surface area contributed by atoms with Crippen molar-refractivity contribution in [3.63, 3.8) is 0 Å². The number of thioether (sulfide) groups is 2. The largest absolute Gasteiger partial charge is 0.478 e. The maximum Gasteiger partial charge on any atom is 0.352 e. The quantitative estimate of drug-likeness (QED) is 0.0762. The summed E-state index contributed by atoms with van der Waals surface area (Å²) in [5.74, 6) is -3.35. The van der Waals surface area contributed by atoms with Gasteiger partial charge in [-0.15, -0.1) is 34.4 Å². The number of aromatic nitrogens is 3. The molecule has 5 rings (SSSR count). The van der Waals surface area contributed by atoms with Crippen molar-refractivity contribution in [1.82, 2.24) is 20.2 Å². The average molecular weight is 665 g/mol. The third-order valence-electron chi connectivity index (χ3n) is 6.50. The molecule has 1 fully saturated rings. The van der Waals surface area contributed by atoms with Gasteiger partial charge in [-0.3, -0.25) is 14.5 Å². The predicted octanol–water partition coefficient (Wildman–Crippen LogP) is 1.76. The molecule has 226 valence electrons. The number of carbonyl (C=O) groups is 4. The average Bonchev–Trinajstić information content (AvgIpc) is 3.59. The lowest BCUT2D eigenvalue weighted by molar-refractivity contribution is -0.692. The van der Waals surface area contributed by atoms with E-state index in [0.29, 0.717) is 17.1 Å². The molecule has 0 aromatic carbocycles. The topological polar surface area (TPSA) is 201 Å². The molecule has 0 bridgehead atoms. The third kappa shape index (κ3) is 6.17. The highest BCUT2D eigenvalue weighted by Gasteiger charge is 2.54. The van der Waals surface area contributed by atoms with E-state index in [-0.39, 0.29) is 22.2 Å². The summed E-state index contributed by atoms with van der Waals surface area (Å²) in [5, 5.41) is 26.6. The highest BCUT2D eigenvalue weighted by Crippen LogP contribution is 2.42. The van der Waals surface area contributed by atoms with E-state index in [4.69, 9.17) is 10.6 Å². The number of hydrogen-bond acceptors (Lipinski definition) is 13. The fourth-order valence-corrected chi connectivity index (χ4v) is 8.18. The van der Waals surface area contributed by atoms with Crippen LogP contribution in [0.25, 0.3) is 10.2 Å². The van der Waals surface area contributed by atoms with Crippen molar-refractivity contribution in [1.29, 1.82) is 0 Å². The number of pyridine rings is 1. The van der Waals surface area contributed by atoms with Gasteiger partial charge in [-0.1, -0.05) is 16.9 Å². The highest BCUT2D eigenvalue weighted by atomic mass is 32.2. The Labute approximate surface area is 261 Å². The first-order chi connectivity index (χ1) is 20.4. The van der Waals surface area contributed by atoms with Crippen LogP contribution in [0.3, 0.4) is 0 Å². The van der Waals surface area contributed by atoms with Crippen molar-refractivity contribution in [3.05, 3.63) is 40.8 Å². The van der Waals surface area contributed by atoms with Crippen molar-refractivity contribution in [2.24, 2.45) is 5.16 Å². The number of amides is 2. The molecule has 14 nitrogen and oxygen atoms in total. The van der Waals surface area contributed by atoms with Gasteiger partial charge in [0.15, 0.2) is 27.6 Å². The summed E-state index contributed by atoms with van der Waals surface area (Å²) in [4.78, 5) is 65.2. The van der Waals surface area contributed by atoms with Crippen LogP contribution in [0.5, 0.6) is 0 Å². The minimum Gasteiger partial charge on any atom is -0.478 e. The molecule has 3 aromatic rings. The molecule has 1 unspecified atom stereocenters. The number of carbonyl (C=O) groups excluding carboxylic acids is 2. The Morgan fingerprint density at radius 1 is 1.33 bits per heavy atom. The van der Waals surface area contributed by atoms with E-state index in [0.717, 1.165) is 32.4 Å². The van der Waals surface area contributed by atoms with Gasteiger partial charge in [-0.25, -0.2) is 24.1 Å². The van der Waals surface area contributed by atoms with Crippen LogP contribution < -0.4 is 15.6 Å². The minimum atomic E-state index is -1.76. The Balaban J connectivity index is 1.31. The van der Waals surface area contributed by atoms with Gasteiger partial charge >= 0.3 is 11.9 Å². The summed E-state index contributed by atoms with van der Waals surface area (Å²) in [6, 6.07) is 0.944. The third-order valence-corrected chi connectivity index (χ3v) is 10.8. The fraction of sp³-hybridized carbons (Fsp3) is 0.360. The van der Waals surface area contributed by atoms with Crippen LogP contribution in [0.2, 0.25) is 0 Å². The van der Waals surface area contributed by atoms with Crippen molar-refractivity contribution < 1.29 is 38.8 Å². The van der Waals surface area contributed by atoms with Gasteiger partial charge in [0.2, 0.25) is 5.60 Å². The number of thiazole rings is 2. The first kappa shape index (κ1) is 30.7. The number of carboxylic acid groups (broad SMARTS) is 2. The molecule has 0 spiro atoms. The molecule has 5 N–H and O–H groups in total. The number of oxime groups is 1. The number of β-lactam (4-membered cyclic amide) rings is 1. The van der Waals surface area contributed by atoms with E-state index in [1.165, 1.54) is 59.0 Å². The number of hydrogen-bond donors (Lipinski definition) is 4. The Bertz CT molecular complexity index is 1700. The minimum absolute atomic E-state index is 0.0332. The Hall–Kier alpha value is -3.74. The number of aliphatic carboxylic acids is 2. The van der Waals surface area contributed by atoms with Crippen LogP contribution in [0.1, 0.15) is 26.5 Å². The molecule has 0 aliphatic carbocycles. The summed E-state index contributed by atoms with van der Waals surface area (Å²) in [5.41, 5.74) is 4.93. The van der Waals surface area contributed by atoms with Gasteiger partial charge in [0.25, 0.3) is 11.8 Å². The number of rotatable bonds is 11. The molecule has 2 aliphatic rings. The Morgan fingerprint density at radius 3 is 2.74 bits per heavy atom. The molecule has 0 radical (unpaired) electrons. The predicted molar refractivity (Wildman–Crippen MR) is 162 cm³/mol. The smallest absolute Gasteiger partial charge is 0.352 e. The Kier molecular flexibility index (Phi) is 8.64. The maximum atomic E-state index is 13.3. The van der Waals surface area contributed by atoms with Crippen LogP contribution in [0.4, 0.5) is 5.13 Å². The molecule has 2 atom stereocenters. The second kappa shape index (κ2) is 12.1. The highest BCUT2D eigenvalue weighted by molar-refractivity contribution is 8.02. The number of nitrogens with one attached hydrogen (secondary N) is 1. The molecule has 2 aliphatic heterocycles. The number of nitrogens with two attached hydrogens (primary N) is 1. The number of aryl methyl sites for hydroxylation is 1. The van der Waals surface area contributed by atoms with E-state index >= 15 is 0 Å². The molecule has 43 heavy (non-hydrogen) atoms. The van der Waals surface area contributed by atoms with Crippen LogP contribution in [-0.2, 0) is 30.6 Å². The molecule has 5 heterocycles. The van der Waals surface area contributed by atoms with Crippen molar-refractivity contribution in [2.75, 3.05) is 17.2 Å². The lowest BCUT2D eigenvalue weighted by atomic mass is 10.0. The number of anilines is 1. The Morgan fingerprint density at radius 2 is 2.09 bits per heavy atom. The fourth-order valence-electron chi connectivity index (χ4n) is 4.11. The van der Waals surface area contributed by atoms with Gasteiger partial charge in [0, 0.05) is 23.0 Å². The summed E-state index contributed by atoms with van der Waals surface area (Å²) in [7, 11) is 0. The SMILES string of the molecule is CC[n+]1ccc2sc(SCC3=C(C(=O)O)N4C(=O)C(NC(=O)/C(=N\OC(C)(C)C(=O)O)c5csc(N)n5)[C@@H]4SC3)nc2c1. The molecular formula is C25H26N7O7S4+. The van der Waals surface area contributed by atoms with Gasteiger partial charge in [0.1, 0.15) is 34.9 Å².